The van der Waals surface area contributed by atoms with Crippen LogP contribution >= 0.6 is 0 Å². The molecule has 76 valence electrons. The highest BCUT2D eigenvalue weighted by molar-refractivity contribution is 4.92. The van der Waals surface area contributed by atoms with Gasteiger partial charge in [0, 0.05) is 0 Å². The Hall–Kier alpha value is -0.0400. The molecule has 2 rings (SSSR count). The van der Waals surface area contributed by atoms with Gasteiger partial charge in [-0.1, -0.05) is 25.7 Å². The van der Waals surface area contributed by atoms with E-state index in [0.29, 0.717) is 5.41 Å². The zero-order valence-corrected chi connectivity index (χ0v) is 8.73. The quantitative estimate of drug-likeness (QED) is 0.711. The molecule has 0 atom stereocenters. The highest BCUT2D eigenvalue weighted by Gasteiger charge is 2.41. The summed E-state index contributed by atoms with van der Waals surface area (Å²) in [6, 6.07) is 0. The van der Waals surface area contributed by atoms with Gasteiger partial charge in [-0.25, -0.2) is 0 Å². The van der Waals surface area contributed by atoms with Crippen LogP contribution in [0.1, 0.15) is 57.8 Å². The smallest absolute Gasteiger partial charge is 0.00719 e. The van der Waals surface area contributed by atoms with Gasteiger partial charge in [0.25, 0.3) is 0 Å². The zero-order chi connectivity index (χ0) is 9.15. The summed E-state index contributed by atoms with van der Waals surface area (Å²) < 4.78 is 0. The van der Waals surface area contributed by atoms with Crippen molar-refractivity contribution in [3.8, 4) is 0 Å². The lowest BCUT2D eigenvalue weighted by Crippen LogP contribution is -2.28. The fourth-order valence-electron chi connectivity index (χ4n) is 3.77. The molecule has 2 aliphatic rings. The number of hydrogen-bond acceptors (Lipinski definition) is 1. The first-order chi connectivity index (χ1) is 6.37. The van der Waals surface area contributed by atoms with Crippen LogP contribution in [-0.4, -0.2) is 6.54 Å². The van der Waals surface area contributed by atoms with Crippen LogP contribution in [0, 0.1) is 11.3 Å². The van der Waals surface area contributed by atoms with Crippen molar-refractivity contribution in [3.05, 3.63) is 0 Å². The summed E-state index contributed by atoms with van der Waals surface area (Å²) in [6.07, 6.45) is 13.2. The Balaban J connectivity index is 2.02. The van der Waals surface area contributed by atoms with Gasteiger partial charge >= 0.3 is 0 Å². The average Bonchev–Trinajstić information content (AvgIpc) is 2.73. The average molecular weight is 181 g/mol. The standard InChI is InChI=1S/C12H23N/c13-10-9-12(7-3-4-8-12)11-5-1-2-6-11/h11H,1-10,13H2. The summed E-state index contributed by atoms with van der Waals surface area (Å²) in [4.78, 5) is 0. The first kappa shape index (κ1) is 9.51. The van der Waals surface area contributed by atoms with Gasteiger partial charge in [-0.2, -0.15) is 0 Å². The minimum atomic E-state index is 0.700. The summed E-state index contributed by atoms with van der Waals surface area (Å²) >= 11 is 0. The number of hydrogen-bond donors (Lipinski definition) is 1. The molecule has 0 saturated heterocycles. The molecule has 13 heavy (non-hydrogen) atoms. The van der Waals surface area contributed by atoms with Crippen molar-refractivity contribution in [2.45, 2.75) is 57.8 Å². The van der Waals surface area contributed by atoms with E-state index in [-0.39, 0.29) is 0 Å². The molecule has 0 aromatic rings. The Labute approximate surface area is 82.1 Å². The van der Waals surface area contributed by atoms with E-state index in [2.05, 4.69) is 0 Å². The van der Waals surface area contributed by atoms with Gasteiger partial charge in [-0.15, -0.1) is 0 Å². The minimum Gasteiger partial charge on any atom is -0.330 e. The van der Waals surface area contributed by atoms with Crippen molar-refractivity contribution in [2.75, 3.05) is 6.54 Å². The van der Waals surface area contributed by atoms with Crippen LogP contribution in [0.3, 0.4) is 0 Å². The van der Waals surface area contributed by atoms with Crippen LogP contribution in [0.15, 0.2) is 0 Å². The topological polar surface area (TPSA) is 26.0 Å². The first-order valence-corrected chi connectivity index (χ1v) is 6.07. The lowest BCUT2D eigenvalue weighted by atomic mass is 9.70. The first-order valence-electron chi connectivity index (χ1n) is 6.07. The molecule has 0 amide bonds. The molecular formula is C12H23N. The zero-order valence-electron chi connectivity index (χ0n) is 8.73. The molecule has 0 heterocycles. The van der Waals surface area contributed by atoms with Gasteiger partial charge in [-0.3, -0.25) is 0 Å². The molecule has 0 aromatic heterocycles. The SMILES string of the molecule is NCCC1(C2CCCC2)CCCC1. The predicted octanol–water partition coefficient (Wildman–Crippen LogP) is 3.09. The molecule has 1 heteroatoms. The number of nitrogens with two attached hydrogens (primary N) is 1. The minimum absolute atomic E-state index is 0.700. The Morgan fingerprint density at radius 1 is 1.00 bits per heavy atom. The monoisotopic (exact) mass is 181 g/mol. The van der Waals surface area contributed by atoms with Gasteiger partial charge in [0.05, 0.1) is 0 Å². The molecule has 0 unspecified atom stereocenters. The molecule has 0 bridgehead atoms. The van der Waals surface area contributed by atoms with Crippen LogP contribution in [0.25, 0.3) is 0 Å². The molecule has 2 saturated carbocycles. The third-order valence-electron chi connectivity index (χ3n) is 4.46. The number of rotatable bonds is 3. The molecule has 0 spiro atoms. The highest BCUT2D eigenvalue weighted by atomic mass is 14.6. The Morgan fingerprint density at radius 3 is 2.15 bits per heavy atom. The molecule has 0 radical (unpaired) electrons. The Kier molecular flexibility index (Phi) is 2.92. The van der Waals surface area contributed by atoms with E-state index in [1.54, 1.807) is 0 Å². The van der Waals surface area contributed by atoms with Crippen LogP contribution in [0.5, 0.6) is 0 Å². The van der Waals surface area contributed by atoms with Crippen molar-refractivity contribution < 1.29 is 0 Å². The van der Waals surface area contributed by atoms with Crippen molar-refractivity contribution in [2.24, 2.45) is 17.1 Å². The van der Waals surface area contributed by atoms with E-state index >= 15 is 0 Å². The Bertz CT molecular complexity index is 153. The molecule has 0 aromatic carbocycles. The lowest BCUT2D eigenvalue weighted by Gasteiger charge is -2.35. The molecular weight excluding hydrogens is 158 g/mol. The van der Waals surface area contributed by atoms with Crippen molar-refractivity contribution in [1.82, 2.24) is 0 Å². The third-order valence-corrected chi connectivity index (χ3v) is 4.46. The maximum atomic E-state index is 5.76. The molecule has 2 N–H and O–H groups in total. The van der Waals surface area contributed by atoms with Crippen molar-refractivity contribution in [1.29, 1.82) is 0 Å². The summed E-state index contributed by atoms with van der Waals surface area (Å²) in [5, 5.41) is 0. The van der Waals surface area contributed by atoms with E-state index in [0.717, 1.165) is 12.5 Å². The highest BCUT2D eigenvalue weighted by Crippen LogP contribution is 2.52. The van der Waals surface area contributed by atoms with Gasteiger partial charge < -0.3 is 5.73 Å². The van der Waals surface area contributed by atoms with Gasteiger partial charge in [0.1, 0.15) is 0 Å². The van der Waals surface area contributed by atoms with E-state index in [1.807, 2.05) is 0 Å². The van der Waals surface area contributed by atoms with Crippen molar-refractivity contribution >= 4 is 0 Å². The molecule has 1 nitrogen and oxygen atoms in total. The van der Waals surface area contributed by atoms with E-state index < -0.39 is 0 Å². The fraction of sp³-hybridized carbons (Fsp3) is 1.00. The van der Waals surface area contributed by atoms with Gasteiger partial charge in [0.15, 0.2) is 0 Å². The maximum Gasteiger partial charge on any atom is -0.00719 e. The van der Waals surface area contributed by atoms with Crippen molar-refractivity contribution in [3.63, 3.8) is 0 Å². The Morgan fingerprint density at radius 2 is 1.62 bits per heavy atom. The molecule has 0 aliphatic heterocycles. The summed E-state index contributed by atoms with van der Waals surface area (Å²) in [5.41, 5.74) is 6.46. The normalized spacial score (nSPS) is 28.4. The third kappa shape index (κ3) is 1.76. The lowest BCUT2D eigenvalue weighted by molar-refractivity contribution is 0.157. The van der Waals surface area contributed by atoms with Gasteiger partial charge in [-0.05, 0) is 50.0 Å². The summed E-state index contributed by atoms with van der Waals surface area (Å²) in [6.45, 7) is 0.913. The van der Waals surface area contributed by atoms with Crippen LogP contribution in [-0.2, 0) is 0 Å². The molecule has 2 aliphatic carbocycles. The maximum absolute atomic E-state index is 5.76. The second kappa shape index (κ2) is 4.00. The van der Waals surface area contributed by atoms with Gasteiger partial charge in [0.2, 0.25) is 0 Å². The fourth-order valence-corrected chi connectivity index (χ4v) is 3.77. The second-order valence-electron chi connectivity index (χ2n) is 5.09. The second-order valence-corrected chi connectivity index (χ2v) is 5.09. The summed E-state index contributed by atoms with van der Waals surface area (Å²) in [5.74, 6) is 1.04. The van der Waals surface area contributed by atoms with E-state index in [9.17, 15) is 0 Å². The van der Waals surface area contributed by atoms with Crippen LogP contribution in [0.4, 0.5) is 0 Å². The largest absolute Gasteiger partial charge is 0.330 e. The van der Waals surface area contributed by atoms with E-state index in [1.165, 1.54) is 57.8 Å². The molecule has 2 fully saturated rings. The summed E-state index contributed by atoms with van der Waals surface area (Å²) in [7, 11) is 0. The predicted molar refractivity (Wildman–Crippen MR) is 56.5 cm³/mol. The van der Waals surface area contributed by atoms with E-state index in [4.69, 9.17) is 5.73 Å². The van der Waals surface area contributed by atoms with Crippen LogP contribution < -0.4 is 5.73 Å². The van der Waals surface area contributed by atoms with Crippen LogP contribution in [0.2, 0.25) is 0 Å².